The first kappa shape index (κ1) is 14.8. The number of hydrogen-bond donors (Lipinski definition) is 1. The summed E-state index contributed by atoms with van der Waals surface area (Å²) in [6, 6.07) is 1.69. The Morgan fingerprint density at radius 1 is 1.19 bits per heavy atom. The molecule has 0 aliphatic carbocycles. The fraction of sp³-hybridized carbons (Fsp3) is 0.600. The fourth-order valence-electron chi connectivity index (χ4n) is 3.44. The number of rotatable bonds is 2. The lowest BCUT2D eigenvalue weighted by atomic mass is 9.77. The van der Waals surface area contributed by atoms with E-state index in [0.29, 0.717) is 26.1 Å². The van der Waals surface area contributed by atoms with Crippen molar-refractivity contribution in [3.63, 3.8) is 0 Å². The van der Waals surface area contributed by atoms with E-state index in [4.69, 9.17) is 4.74 Å². The molecule has 1 N–H and O–H groups in total. The van der Waals surface area contributed by atoms with E-state index in [1.807, 2.05) is 7.05 Å². The van der Waals surface area contributed by atoms with Crippen LogP contribution in [0.5, 0.6) is 0 Å². The second-order valence-electron chi connectivity index (χ2n) is 6.14. The first-order valence-corrected chi connectivity index (χ1v) is 7.04. The Labute approximate surface area is 121 Å². The number of benzene rings is 1. The minimum absolute atomic E-state index is 0.0159. The molecule has 2 saturated heterocycles. The number of fused-ring (bicyclic) bond motifs is 2. The van der Waals surface area contributed by atoms with Gasteiger partial charge in [-0.1, -0.05) is 0 Å². The number of piperidine rings is 1. The standard InChI is InChI=1S/C15H18F3NO2/c1-19-9-4-15(20,5-10(19)8-21-7-9)6-11-12(16)2-3-13(17)14(11)18/h2-3,9-10,20H,4-8H2,1H3. The van der Waals surface area contributed by atoms with Crippen LogP contribution < -0.4 is 0 Å². The number of aliphatic hydroxyl groups is 1. The maximum absolute atomic E-state index is 13.8. The molecule has 0 spiro atoms. The molecule has 2 bridgehead atoms. The fourth-order valence-corrected chi connectivity index (χ4v) is 3.44. The molecule has 116 valence electrons. The topological polar surface area (TPSA) is 32.7 Å². The normalized spacial score (nSPS) is 33.2. The molecule has 6 heteroatoms. The van der Waals surface area contributed by atoms with Gasteiger partial charge >= 0.3 is 0 Å². The van der Waals surface area contributed by atoms with Crippen molar-refractivity contribution in [3.05, 3.63) is 35.1 Å². The Balaban J connectivity index is 1.86. The summed E-state index contributed by atoms with van der Waals surface area (Å²) < 4.78 is 46.3. The predicted octanol–water partition coefficient (Wildman–Crippen LogP) is 1.87. The highest BCUT2D eigenvalue weighted by atomic mass is 19.2. The van der Waals surface area contributed by atoms with Gasteiger partial charge < -0.3 is 9.84 Å². The average molecular weight is 301 g/mol. The third-order valence-electron chi connectivity index (χ3n) is 4.65. The summed E-state index contributed by atoms with van der Waals surface area (Å²) in [6.45, 7) is 0.979. The van der Waals surface area contributed by atoms with E-state index >= 15 is 0 Å². The van der Waals surface area contributed by atoms with E-state index in [1.165, 1.54) is 0 Å². The largest absolute Gasteiger partial charge is 0.389 e. The van der Waals surface area contributed by atoms with Gasteiger partial charge in [0, 0.05) is 24.1 Å². The minimum Gasteiger partial charge on any atom is -0.389 e. The molecule has 2 atom stereocenters. The zero-order valence-corrected chi connectivity index (χ0v) is 11.8. The van der Waals surface area contributed by atoms with E-state index < -0.39 is 23.1 Å². The minimum atomic E-state index is -1.24. The molecule has 3 rings (SSSR count). The van der Waals surface area contributed by atoms with Gasteiger partial charge in [-0.3, -0.25) is 4.90 Å². The molecule has 2 unspecified atom stereocenters. The van der Waals surface area contributed by atoms with Crippen LogP contribution in [0.3, 0.4) is 0 Å². The molecule has 21 heavy (non-hydrogen) atoms. The summed E-state index contributed by atoms with van der Waals surface area (Å²) in [5.41, 5.74) is -1.61. The third-order valence-corrected chi connectivity index (χ3v) is 4.65. The predicted molar refractivity (Wildman–Crippen MR) is 70.4 cm³/mol. The molecule has 2 aliphatic rings. The summed E-state index contributed by atoms with van der Waals surface area (Å²) in [5.74, 6) is -3.11. The SMILES string of the molecule is CN1C2COCC1CC(O)(Cc1c(F)ccc(F)c1F)C2. The van der Waals surface area contributed by atoms with Gasteiger partial charge in [-0.2, -0.15) is 0 Å². The van der Waals surface area contributed by atoms with Crippen molar-refractivity contribution in [3.8, 4) is 0 Å². The first-order chi connectivity index (χ1) is 9.89. The lowest BCUT2D eigenvalue weighted by Gasteiger charge is -2.50. The number of likely N-dealkylation sites (N-methyl/N-ethyl adjacent to an activating group) is 1. The summed E-state index contributed by atoms with van der Waals surface area (Å²) in [7, 11) is 1.96. The van der Waals surface area contributed by atoms with Gasteiger partial charge in [-0.05, 0) is 32.0 Å². The van der Waals surface area contributed by atoms with Crippen LogP contribution in [0.15, 0.2) is 12.1 Å². The van der Waals surface area contributed by atoms with Crippen LogP contribution in [0.1, 0.15) is 18.4 Å². The number of ether oxygens (including phenoxy) is 1. The number of nitrogens with zero attached hydrogens (tertiary/aromatic N) is 1. The van der Waals surface area contributed by atoms with Gasteiger partial charge in [0.2, 0.25) is 0 Å². The maximum Gasteiger partial charge on any atom is 0.165 e. The van der Waals surface area contributed by atoms with Crippen LogP contribution in [-0.2, 0) is 11.2 Å². The molecular formula is C15H18F3NO2. The molecule has 3 nitrogen and oxygen atoms in total. The lowest BCUT2D eigenvalue weighted by Crippen LogP contribution is -2.60. The maximum atomic E-state index is 13.8. The quantitative estimate of drug-likeness (QED) is 0.847. The molecule has 2 aliphatic heterocycles. The van der Waals surface area contributed by atoms with Gasteiger partial charge in [-0.25, -0.2) is 13.2 Å². The molecule has 2 fully saturated rings. The van der Waals surface area contributed by atoms with Gasteiger partial charge in [0.25, 0.3) is 0 Å². The average Bonchev–Trinajstić information content (AvgIpc) is 2.42. The number of halogens is 3. The van der Waals surface area contributed by atoms with E-state index in [2.05, 4.69) is 4.90 Å². The third kappa shape index (κ3) is 2.67. The van der Waals surface area contributed by atoms with Gasteiger partial charge in [0.1, 0.15) is 5.82 Å². The molecular weight excluding hydrogens is 283 g/mol. The van der Waals surface area contributed by atoms with Crippen molar-refractivity contribution in [2.75, 3.05) is 20.3 Å². The van der Waals surface area contributed by atoms with Crippen LogP contribution in [0.4, 0.5) is 13.2 Å². The summed E-state index contributed by atoms with van der Waals surface area (Å²) in [4.78, 5) is 2.14. The molecule has 1 aromatic carbocycles. The highest BCUT2D eigenvalue weighted by molar-refractivity contribution is 5.23. The van der Waals surface area contributed by atoms with Crippen LogP contribution >= 0.6 is 0 Å². The molecule has 1 aromatic rings. The van der Waals surface area contributed by atoms with Crippen molar-refractivity contribution in [1.29, 1.82) is 0 Å². The van der Waals surface area contributed by atoms with Gasteiger partial charge in [-0.15, -0.1) is 0 Å². The Kier molecular flexibility index (Phi) is 3.71. The van der Waals surface area contributed by atoms with Gasteiger partial charge in [0.15, 0.2) is 11.6 Å². The molecule has 2 heterocycles. The van der Waals surface area contributed by atoms with E-state index in [1.54, 1.807) is 0 Å². The van der Waals surface area contributed by atoms with E-state index in [0.717, 1.165) is 12.1 Å². The van der Waals surface area contributed by atoms with E-state index in [9.17, 15) is 18.3 Å². The Morgan fingerprint density at radius 3 is 2.38 bits per heavy atom. The van der Waals surface area contributed by atoms with Crippen molar-refractivity contribution >= 4 is 0 Å². The van der Waals surface area contributed by atoms with Crippen molar-refractivity contribution in [1.82, 2.24) is 4.90 Å². The highest BCUT2D eigenvalue weighted by Crippen LogP contribution is 2.36. The number of morpholine rings is 1. The monoisotopic (exact) mass is 301 g/mol. The van der Waals surface area contributed by atoms with Crippen LogP contribution in [0.25, 0.3) is 0 Å². The zero-order valence-electron chi connectivity index (χ0n) is 11.8. The Bertz CT molecular complexity index is 538. The van der Waals surface area contributed by atoms with Crippen LogP contribution in [0, 0.1) is 17.5 Å². The van der Waals surface area contributed by atoms with Crippen molar-refractivity contribution in [2.45, 2.75) is 36.9 Å². The highest BCUT2D eigenvalue weighted by Gasteiger charge is 2.45. The molecule has 0 amide bonds. The summed E-state index contributed by atoms with van der Waals surface area (Å²) >= 11 is 0. The second kappa shape index (κ2) is 5.26. The number of hydrogen-bond acceptors (Lipinski definition) is 3. The zero-order chi connectivity index (χ0) is 15.2. The Morgan fingerprint density at radius 2 is 1.76 bits per heavy atom. The van der Waals surface area contributed by atoms with Crippen LogP contribution in [0.2, 0.25) is 0 Å². The molecule has 0 radical (unpaired) electrons. The molecule has 0 saturated carbocycles. The van der Waals surface area contributed by atoms with Gasteiger partial charge in [0.05, 0.1) is 18.8 Å². The van der Waals surface area contributed by atoms with Crippen molar-refractivity contribution < 1.29 is 23.0 Å². The first-order valence-electron chi connectivity index (χ1n) is 7.04. The Hall–Kier alpha value is -1.11. The van der Waals surface area contributed by atoms with Crippen molar-refractivity contribution in [2.24, 2.45) is 0 Å². The summed E-state index contributed by atoms with van der Waals surface area (Å²) in [5, 5.41) is 10.8. The van der Waals surface area contributed by atoms with E-state index in [-0.39, 0.29) is 24.1 Å². The second-order valence-corrected chi connectivity index (χ2v) is 6.14. The van der Waals surface area contributed by atoms with Crippen LogP contribution in [-0.4, -0.2) is 48.0 Å². The lowest BCUT2D eigenvalue weighted by molar-refractivity contribution is -0.134. The molecule has 0 aromatic heterocycles. The summed E-state index contributed by atoms with van der Waals surface area (Å²) in [6.07, 6.45) is 0.494. The smallest absolute Gasteiger partial charge is 0.165 e.